The summed E-state index contributed by atoms with van der Waals surface area (Å²) >= 11 is 0. The quantitative estimate of drug-likeness (QED) is 0.146. The summed E-state index contributed by atoms with van der Waals surface area (Å²) in [5.74, 6) is 3.28. The lowest BCUT2D eigenvalue weighted by Crippen LogP contribution is -2.13. The Bertz CT molecular complexity index is 2330. The monoisotopic (exact) mass is 802 g/mol. The van der Waals surface area contributed by atoms with Gasteiger partial charge in [-0.15, -0.1) is 0 Å². The summed E-state index contributed by atoms with van der Waals surface area (Å²) in [5.41, 5.74) is 15.1. The normalized spacial score (nSPS) is 12.3. The van der Waals surface area contributed by atoms with Gasteiger partial charge in [0.2, 0.25) is 0 Å². The molecule has 0 spiro atoms. The van der Waals surface area contributed by atoms with E-state index in [0.29, 0.717) is 0 Å². The Kier molecular flexibility index (Phi) is 12.1. The SMILES string of the molecule is COc1ccc(C(C)(C)C)cc1-c1cc(C(C)(C)C)cc(-c2cccc(-c3cccc(-c4cc(C(C)(C)C)cc(-c5cc(C(C)(C)C)ccc5OC)c4OC)c3)c2)c1OC. The molecule has 0 saturated carbocycles. The molecule has 0 saturated heterocycles. The smallest absolute Gasteiger partial charge is 0.134 e. The summed E-state index contributed by atoms with van der Waals surface area (Å²) in [6, 6.07) is 39.8. The first-order chi connectivity index (χ1) is 28.1. The van der Waals surface area contributed by atoms with Crippen LogP contribution < -0.4 is 18.9 Å². The van der Waals surface area contributed by atoms with Crippen LogP contribution in [0.4, 0.5) is 0 Å². The van der Waals surface area contributed by atoms with Gasteiger partial charge in [0, 0.05) is 33.4 Å². The zero-order chi connectivity index (χ0) is 43.9. The van der Waals surface area contributed by atoms with Gasteiger partial charge in [0.25, 0.3) is 0 Å². The van der Waals surface area contributed by atoms with Gasteiger partial charge in [0.1, 0.15) is 23.0 Å². The van der Waals surface area contributed by atoms with Crippen molar-refractivity contribution in [2.24, 2.45) is 0 Å². The Labute approximate surface area is 360 Å². The second-order valence-corrected chi connectivity index (χ2v) is 20.2. The minimum Gasteiger partial charge on any atom is -0.496 e. The van der Waals surface area contributed by atoms with E-state index < -0.39 is 0 Å². The maximum atomic E-state index is 6.38. The van der Waals surface area contributed by atoms with Crippen molar-refractivity contribution in [2.45, 2.75) is 105 Å². The molecule has 0 atom stereocenters. The Morgan fingerprint density at radius 1 is 0.283 bits per heavy atom. The predicted octanol–water partition coefficient (Wildman–Crippen LogP) is 15.2. The fourth-order valence-electron chi connectivity index (χ4n) is 7.90. The average molecular weight is 803 g/mol. The molecule has 0 aromatic heterocycles. The molecule has 0 N–H and O–H groups in total. The van der Waals surface area contributed by atoms with Crippen molar-refractivity contribution in [3.63, 3.8) is 0 Å². The van der Waals surface area contributed by atoms with Crippen LogP contribution in [0.5, 0.6) is 23.0 Å². The highest BCUT2D eigenvalue weighted by Gasteiger charge is 2.27. The number of ether oxygens (including phenoxy) is 4. The van der Waals surface area contributed by atoms with E-state index in [-0.39, 0.29) is 21.7 Å². The van der Waals surface area contributed by atoms with Crippen molar-refractivity contribution in [3.05, 3.63) is 131 Å². The minimum atomic E-state index is -0.117. The lowest BCUT2D eigenvalue weighted by atomic mass is 9.80. The molecule has 0 fully saturated rings. The van der Waals surface area contributed by atoms with E-state index in [9.17, 15) is 0 Å². The maximum absolute atomic E-state index is 6.38. The first-order valence-electron chi connectivity index (χ1n) is 21.1. The molecule has 4 heteroatoms. The Balaban J connectivity index is 1.55. The van der Waals surface area contributed by atoms with Gasteiger partial charge in [-0.05, 0) is 127 Å². The van der Waals surface area contributed by atoms with Crippen molar-refractivity contribution in [2.75, 3.05) is 28.4 Å². The number of hydrogen-bond acceptors (Lipinski definition) is 4. The maximum Gasteiger partial charge on any atom is 0.134 e. The molecule has 60 heavy (non-hydrogen) atoms. The van der Waals surface area contributed by atoms with Crippen molar-refractivity contribution in [1.29, 1.82) is 0 Å². The van der Waals surface area contributed by atoms with Crippen LogP contribution in [0.1, 0.15) is 105 Å². The summed E-state index contributed by atoms with van der Waals surface area (Å²) in [6.07, 6.45) is 0. The van der Waals surface area contributed by atoms with Gasteiger partial charge in [-0.3, -0.25) is 0 Å². The molecule has 0 amide bonds. The third-order valence-corrected chi connectivity index (χ3v) is 11.7. The first kappa shape index (κ1) is 44.1. The average Bonchev–Trinajstić information content (AvgIpc) is 3.20. The lowest BCUT2D eigenvalue weighted by molar-refractivity contribution is 0.410. The van der Waals surface area contributed by atoms with Gasteiger partial charge in [0.15, 0.2) is 0 Å². The number of hydrogen-bond donors (Lipinski definition) is 0. The van der Waals surface area contributed by atoms with E-state index in [0.717, 1.165) is 78.6 Å². The Morgan fingerprint density at radius 2 is 0.583 bits per heavy atom. The molecule has 6 aromatic carbocycles. The molecular formula is C56H66O4. The van der Waals surface area contributed by atoms with Gasteiger partial charge in [0.05, 0.1) is 28.4 Å². The molecule has 6 aromatic rings. The second kappa shape index (κ2) is 16.5. The fraction of sp³-hybridized carbons (Fsp3) is 0.357. The molecular weight excluding hydrogens is 737 g/mol. The van der Waals surface area contributed by atoms with E-state index in [2.05, 4.69) is 192 Å². The van der Waals surface area contributed by atoms with Crippen molar-refractivity contribution in [1.82, 2.24) is 0 Å². The standard InChI is InChI=1S/C56H66O4/c1-53(2,3)39-23-25-49(57-13)45(29-39)47-33-41(55(7,8)9)31-43(51(47)59-15)37-21-17-19-35(27-37)36-20-18-22-38(28-36)44-32-42(56(10,11)12)34-48(52(44)60-16)46-30-40(54(4,5)6)24-26-50(46)58-14/h17-34H,1-16H3. The number of rotatable bonds is 9. The highest BCUT2D eigenvalue weighted by atomic mass is 16.5. The van der Waals surface area contributed by atoms with Crippen LogP contribution in [0.2, 0.25) is 0 Å². The van der Waals surface area contributed by atoms with E-state index in [4.69, 9.17) is 18.9 Å². The van der Waals surface area contributed by atoms with E-state index in [1.807, 2.05) is 0 Å². The lowest BCUT2D eigenvalue weighted by Gasteiger charge is -2.26. The second-order valence-electron chi connectivity index (χ2n) is 20.2. The molecule has 314 valence electrons. The summed E-state index contributed by atoms with van der Waals surface area (Å²) < 4.78 is 24.7. The summed E-state index contributed by atoms with van der Waals surface area (Å²) in [5, 5.41) is 0. The highest BCUT2D eigenvalue weighted by Crippen LogP contribution is 2.49. The van der Waals surface area contributed by atoms with E-state index in [1.54, 1.807) is 28.4 Å². The largest absolute Gasteiger partial charge is 0.496 e. The van der Waals surface area contributed by atoms with E-state index >= 15 is 0 Å². The van der Waals surface area contributed by atoms with Crippen LogP contribution in [-0.2, 0) is 21.7 Å². The van der Waals surface area contributed by atoms with E-state index in [1.165, 1.54) is 22.3 Å². The summed E-state index contributed by atoms with van der Waals surface area (Å²) in [4.78, 5) is 0. The van der Waals surface area contributed by atoms with Gasteiger partial charge in [-0.25, -0.2) is 0 Å². The molecule has 0 aliphatic rings. The van der Waals surface area contributed by atoms with Crippen LogP contribution in [-0.4, -0.2) is 28.4 Å². The van der Waals surface area contributed by atoms with Crippen LogP contribution in [0.3, 0.4) is 0 Å². The molecule has 0 aliphatic carbocycles. The highest BCUT2D eigenvalue weighted by molar-refractivity contribution is 5.90. The molecule has 0 aliphatic heterocycles. The molecule has 6 rings (SSSR count). The van der Waals surface area contributed by atoms with Crippen LogP contribution in [0.25, 0.3) is 55.6 Å². The summed E-state index contributed by atoms with van der Waals surface area (Å²) in [7, 11) is 7.03. The van der Waals surface area contributed by atoms with Crippen molar-refractivity contribution >= 4 is 0 Å². The fourth-order valence-corrected chi connectivity index (χ4v) is 7.90. The zero-order valence-corrected chi connectivity index (χ0v) is 39.0. The van der Waals surface area contributed by atoms with Crippen molar-refractivity contribution in [3.8, 4) is 78.6 Å². The summed E-state index contributed by atoms with van der Waals surface area (Å²) in [6.45, 7) is 27.0. The number of benzene rings is 6. The molecule has 0 unspecified atom stereocenters. The molecule has 0 heterocycles. The third-order valence-electron chi connectivity index (χ3n) is 11.7. The zero-order valence-electron chi connectivity index (χ0n) is 39.0. The molecule has 0 radical (unpaired) electrons. The van der Waals surface area contributed by atoms with Crippen LogP contribution in [0, 0.1) is 0 Å². The number of methoxy groups -OCH3 is 4. The van der Waals surface area contributed by atoms with Gasteiger partial charge >= 0.3 is 0 Å². The first-order valence-corrected chi connectivity index (χ1v) is 21.1. The topological polar surface area (TPSA) is 36.9 Å². The van der Waals surface area contributed by atoms with Gasteiger partial charge in [-0.1, -0.05) is 132 Å². The van der Waals surface area contributed by atoms with Gasteiger partial charge < -0.3 is 18.9 Å². The van der Waals surface area contributed by atoms with Crippen LogP contribution >= 0.6 is 0 Å². The van der Waals surface area contributed by atoms with Crippen molar-refractivity contribution < 1.29 is 18.9 Å². The Hall–Kier alpha value is -5.48. The van der Waals surface area contributed by atoms with Crippen LogP contribution in [0.15, 0.2) is 109 Å². The third kappa shape index (κ3) is 8.99. The Morgan fingerprint density at radius 3 is 0.883 bits per heavy atom. The molecule has 4 nitrogen and oxygen atoms in total. The molecule has 0 bridgehead atoms. The van der Waals surface area contributed by atoms with Gasteiger partial charge in [-0.2, -0.15) is 0 Å². The minimum absolute atomic E-state index is 0.0363. The predicted molar refractivity (Wildman–Crippen MR) is 255 cm³/mol.